The van der Waals surface area contributed by atoms with Crippen LogP contribution in [0.5, 0.6) is 0 Å². The minimum Gasteiger partial charge on any atom is -0.313 e. The molecule has 0 fully saturated rings. The zero-order chi connectivity index (χ0) is 33.0. The fraction of sp³-hybridized carbons (Fsp3) is 0.0435. The molecule has 6 aromatic carbocycles. The van der Waals surface area contributed by atoms with Crippen molar-refractivity contribution in [3.63, 3.8) is 0 Å². The van der Waals surface area contributed by atoms with Gasteiger partial charge in [0.05, 0.1) is 27.9 Å². The molecule has 9 aromatic rings. The van der Waals surface area contributed by atoms with Crippen LogP contribution >= 0.6 is 0 Å². The van der Waals surface area contributed by atoms with Gasteiger partial charge < -0.3 is 9.13 Å². The van der Waals surface area contributed by atoms with Gasteiger partial charge in [-0.25, -0.2) is 9.97 Å². The average molecular weight is 641 g/mol. The highest BCUT2D eigenvalue weighted by Gasteiger charge is 2.21. The number of hydrogen-bond acceptors (Lipinski definition) is 2. The predicted molar refractivity (Wildman–Crippen MR) is 207 cm³/mol. The van der Waals surface area contributed by atoms with Crippen molar-refractivity contribution in [1.29, 1.82) is 0 Å². The first-order chi connectivity index (χ1) is 24.8. The van der Waals surface area contributed by atoms with Crippen LogP contribution in [0.3, 0.4) is 0 Å². The lowest BCUT2D eigenvalue weighted by Crippen LogP contribution is -2.05. The molecule has 1 aliphatic carbocycles. The van der Waals surface area contributed by atoms with Crippen LogP contribution in [-0.4, -0.2) is 19.1 Å². The van der Waals surface area contributed by atoms with E-state index in [1.165, 1.54) is 44.0 Å². The molecule has 0 unspecified atom stereocenters. The third kappa shape index (κ3) is 4.61. The molecule has 0 aliphatic heterocycles. The summed E-state index contributed by atoms with van der Waals surface area (Å²) in [5.41, 5.74) is 13.2. The molecule has 0 amide bonds. The van der Waals surface area contributed by atoms with Gasteiger partial charge in [-0.05, 0) is 55.3 Å². The normalized spacial score (nSPS) is 12.6. The summed E-state index contributed by atoms with van der Waals surface area (Å²) in [4.78, 5) is 10.6. The van der Waals surface area contributed by atoms with E-state index in [-0.39, 0.29) is 0 Å². The summed E-state index contributed by atoms with van der Waals surface area (Å²) in [5.74, 6) is 0.694. The molecule has 236 valence electrons. The van der Waals surface area contributed by atoms with Crippen molar-refractivity contribution in [3.05, 3.63) is 175 Å². The molecule has 50 heavy (non-hydrogen) atoms. The van der Waals surface area contributed by atoms with Crippen LogP contribution in [0.2, 0.25) is 0 Å². The standard InChI is InChI=1S/C46H32N4/c1-3-15-31(16-4-1)40-30-41(32-17-5-2-6-18-32)48-46(47-40)33-27-34(49-42-23-11-7-19-36(42)37-20-8-12-24-43(37)49)29-35(28-33)50-44-25-13-9-21-38(44)39-22-10-14-26-45(39)50/h1-13,15-25,27-30H,14,26H2. The van der Waals surface area contributed by atoms with Crippen molar-refractivity contribution >= 4 is 38.8 Å². The molecule has 0 radical (unpaired) electrons. The molecule has 1 aliphatic rings. The van der Waals surface area contributed by atoms with Gasteiger partial charge in [-0.3, -0.25) is 0 Å². The summed E-state index contributed by atoms with van der Waals surface area (Å²) in [5, 5.41) is 3.74. The summed E-state index contributed by atoms with van der Waals surface area (Å²) in [6.45, 7) is 0. The van der Waals surface area contributed by atoms with Crippen LogP contribution < -0.4 is 0 Å². The van der Waals surface area contributed by atoms with Gasteiger partial charge in [0.15, 0.2) is 5.82 Å². The average Bonchev–Trinajstić information content (AvgIpc) is 3.71. The SMILES string of the molecule is C1=Cc2c(n(-c3cc(-c4nc(-c5ccccc5)cc(-c5ccccc5)n4)cc(-n4c5ccccc5c5ccccc54)c3)c3ccccc23)CC1. The van der Waals surface area contributed by atoms with E-state index >= 15 is 0 Å². The minimum absolute atomic E-state index is 0.694. The predicted octanol–water partition coefficient (Wildman–Crippen LogP) is 11.5. The minimum atomic E-state index is 0.694. The Labute approximate surface area is 290 Å². The van der Waals surface area contributed by atoms with Gasteiger partial charge in [-0.1, -0.05) is 127 Å². The second-order valence-electron chi connectivity index (χ2n) is 13.0. The van der Waals surface area contributed by atoms with Crippen LogP contribution in [0.25, 0.3) is 84.1 Å². The van der Waals surface area contributed by atoms with Gasteiger partial charge in [0.1, 0.15) is 0 Å². The highest BCUT2D eigenvalue weighted by Crippen LogP contribution is 2.38. The Kier molecular flexibility index (Phi) is 6.59. The first-order valence-corrected chi connectivity index (χ1v) is 17.2. The van der Waals surface area contributed by atoms with Crippen molar-refractivity contribution in [2.45, 2.75) is 12.8 Å². The lowest BCUT2D eigenvalue weighted by Gasteiger charge is -2.18. The van der Waals surface area contributed by atoms with E-state index in [9.17, 15) is 0 Å². The fourth-order valence-corrected chi connectivity index (χ4v) is 7.74. The molecule has 3 aromatic heterocycles. The molecular weight excluding hydrogens is 609 g/mol. The number of fused-ring (bicyclic) bond motifs is 6. The largest absolute Gasteiger partial charge is 0.313 e. The first-order valence-electron chi connectivity index (χ1n) is 17.2. The van der Waals surface area contributed by atoms with Gasteiger partial charge in [-0.2, -0.15) is 0 Å². The number of benzene rings is 6. The second kappa shape index (κ2) is 11.6. The lowest BCUT2D eigenvalue weighted by atomic mass is 10.0. The zero-order valence-electron chi connectivity index (χ0n) is 27.4. The smallest absolute Gasteiger partial charge is 0.160 e. The third-order valence-corrected chi connectivity index (χ3v) is 9.97. The topological polar surface area (TPSA) is 35.6 Å². The van der Waals surface area contributed by atoms with Gasteiger partial charge in [0.25, 0.3) is 0 Å². The van der Waals surface area contributed by atoms with E-state index < -0.39 is 0 Å². The Balaban J connectivity index is 1.30. The first kappa shape index (κ1) is 28.5. The molecule has 4 nitrogen and oxygen atoms in total. The molecular formula is C46H32N4. The van der Waals surface area contributed by atoms with Gasteiger partial charge >= 0.3 is 0 Å². The zero-order valence-corrected chi connectivity index (χ0v) is 27.4. The molecule has 0 spiro atoms. The van der Waals surface area contributed by atoms with Crippen LogP contribution in [0.15, 0.2) is 164 Å². The highest BCUT2D eigenvalue weighted by molar-refractivity contribution is 6.09. The maximum atomic E-state index is 5.28. The fourth-order valence-electron chi connectivity index (χ4n) is 7.74. The van der Waals surface area contributed by atoms with Crippen LogP contribution in [0.4, 0.5) is 0 Å². The number of allylic oxidation sites excluding steroid dienone is 1. The van der Waals surface area contributed by atoms with Crippen LogP contribution in [-0.2, 0) is 6.42 Å². The molecule has 0 atom stereocenters. The van der Waals surface area contributed by atoms with Crippen LogP contribution in [0, 0.1) is 0 Å². The monoisotopic (exact) mass is 640 g/mol. The number of aromatic nitrogens is 4. The van der Waals surface area contributed by atoms with Crippen molar-refractivity contribution in [2.75, 3.05) is 0 Å². The molecule has 4 heteroatoms. The van der Waals surface area contributed by atoms with Gasteiger partial charge in [-0.15, -0.1) is 0 Å². The summed E-state index contributed by atoms with van der Waals surface area (Å²) in [6, 6.07) is 56.0. The molecule has 0 N–H and O–H groups in total. The molecule has 0 saturated heterocycles. The highest BCUT2D eigenvalue weighted by atomic mass is 15.0. The number of rotatable bonds is 5. The summed E-state index contributed by atoms with van der Waals surface area (Å²) < 4.78 is 4.86. The Hall–Kier alpha value is -6.52. The van der Waals surface area contributed by atoms with E-state index in [2.05, 4.69) is 167 Å². The maximum Gasteiger partial charge on any atom is 0.160 e. The number of nitrogens with zero attached hydrogens (tertiary/aromatic N) is 4. The Morgan fingerprint density at radius 3 is 1.54 bits per heavy atom. The van der Waals surface area contributed by atoms with E-state index in [1.807, 2.05) is 12.1 Å². The summed E-state index contributed by atoms with van der Waals surface area (Å²) in [6.07, 6.45) is 6.60. The summed E-state index contributed by atoms with van der Waals surface area (Å²) >= 11 is 0. The van der Waals surface area contributed by atoms with Crippen molar-refractivity contribution in [2.24, 2.45) is 0 Å². The van der Waals surface area contributed by atoms with E-state index in [1.54, 1.807) is 0 Å². The third-order valence-electron chi connectivity index (χ3n) is 9.97. The molecule has 10 rings (SSSR count). The van der Waals surface area contributed by atoms with Crippen molar-refractivity contribution in [1.82, 2.24) is 19.1 Å². The molecule has 0 saturated carbocycles. The summed E-state index contributed by atoms with van der Waals surface area (Å²) in [7, 11) is 0. The number of para-hydroxylation sites is 3. The molecule has 3 heterocycles. The molecule has 0 bridgehead atoms. The maximum absolute atomic E-state index is 5.28. The van der Waals surface area contributed by atoms with E-state index in [0.717, 1.165) is 52.3 Å². The van der Waals surface area contributed by atoms with E-state index in [0.29, 0.717) is 5.82 Å². The van der Waals surface area contributed by atoms with Crippen molar-refractivity contribution < 1.29 is 0 Å². The quantitative estimate of drug-likeness (QED) is 0.188. The van der Waals surface area contributed by atoms with Crippen LogP contribution in [0.1, 0.15) is 17.7 Å². The Morgan fingerprint density at radius 1 is 0.440 bits per heavy atom. The van der Waals surface area contributed by atoms with Crippen molar-refractivity contribution in [3.8, 4) is 45.3 Å². The Morgan fingerprint density at radius 2 is 0.940 bits per heavy atom. The van der Waals surface area contributed by atoms with Gasteiger partial charge in [0.2, 0.25) is 0 Å². The second-order valence-corrected chi connectivity index (χ2v) is 13.0. The lowest BCUT2D eigenvalue weighted by molar-refractivity contribution is 0.887. The Bertz CT molecular complexity index is 2640. The van der Waals surface area contributed by atoms with Gasteiger partial charge in [0, 0.05) is 55.5 Å². The van der Waals surface area contributed by atoms with E-state index in [4.69, 9.17) is 9.97 Å². The number of hydrogen-bond donors (Lipinski definition) is 0.